The Morgan fingerprint density at radius 2 is 1.81 bits per heavy atom. The Bertz CT molecular complexity index is 787. The molecule has 1 aromatic carbocycles. The monoisotopic (exact) mass is 360 g/mol. The average molecular weight is 360 g/mol. The summed E-state index contributed by atoms with van der Waals surface area (Å²) in [6.07, 6.45) is 1.41. The highest BCUT2D eigenvalue weighted by Crippen LogP contribution is 2.24. The van der Waals surface area contributed by atoms with Crippen LogP contribution in [-0.2, 0) is 17.6 Å². The topological polar surface area (TPSA) is 42.0 Å². The number of anilines is 1. The van der Waals surface area contributed by atoms with Crippen molar-refractivity contribution in [3.05, 3.63) is 58.4 Å². The molecular weight excluding hydrogens is 334 g/mol. The number of aryl methyl sites for hydroxylation is 4. The Balaban J connectivity index is 2.09. The Morgan fingerprint density at radius 1 is 1.12 bits per heavy atom. The highest BCUT2D eigenvalue weighted by molar-refractivity contribution is 5.92. The second kappa shape index (κ2) is 7.94. The van der Waals surface area contributed by atoms with Crippen molar-refractivity contribution in [1.82, 2.24) is 4.98 Å². The summed E-state index contributed by atoms with van der Waals surface area (Å²) in [5, 5.41) is 2.95. The van der Waals surface area contributed by atoms with Crippen molar-refractivity contribution in [1.29, 1.82) is 0 Å². The molecule has 1 heterocycles. The molecule has 1 amide bonds. The van der Waals surface area contributed by atoms with Gasteiger partial charge < -0.3 is 5.32 Å². The number of benzene rings is 1. The van der Waals surface area contributed by atoms with Gasteiger partial charge in [0.2, 0.25) is 5.91 Å². The van der Waals surface area contributed by atoms with Crippen molar-refractivity contribution in [2.24, 2.45) is 5.41 Å². The quantitative estimate of drug-likeness (QED) is 0.802. The minimum atomic E-state index is -0.577. The summed E-state index contributed by atoms with van der Waals surface area (Å²) in [5.41, 5.74) is 3.59. The zero-order valence-electron chi connectivity index (χ0n) is 16.0. The number of halogens is 2. The van der Waals surface area contributed by atoms with Gasteiger partial charge in [-0.25, -0.2) is 8.78 Å². The van der Waals surface area contributed by atoms with Gasteiger partial charge in [-0.2, -0.15) is 0 Å². The van der Waals surface area contributed by atoms with Gasteiger partial charge in [0.1, 0.15) is 11.6 Å². The summed E-state index contributed by atoms with van der Waals surface area (Å²) in [6, 6.07) is 5.52. The molecule has 0 aliphatic carbocycles. The Hall–Kier alpha value is -2.30. The summed E-state index contributed by atoms with van der Waals surface area (Å²) >= 11 is 0. The molecule has 0 radical (unpaired) electrons. The predicted octanol–water partition coefficient (Wildman–Crippen LogP) is 5.14. The van der Waals surface area contributed by atoms with Crippen molar-refractivity contribution < 1.29 is 13.6 Å². The number of aromatic nitrogens is 1. The van der Waals surface area contributed by atoms with Gasteiger partial charge in [-0.15, -0.1) is 0 Å². The second-order valence-electron chi connectivity index (χ2n) is 7.91. The van der Waals surface area contributed by atoms with E-state index >= 15 is 0 Å². The lowest BCUT2D eigenvalue weighted by molar-refractivity contribution is -0.117. The van der Waals surface area contributed by atoms with Gasteiger partial charge in [0, 0.05) is 18.2 Å². The normalized spacial score (nSPS) is 11.5. The van der Waals surface area contributed by atoms with Crippen molar-refractivity contribution in [3.63, 3.8) is 0 Å². The Labute approximate surface area is 153 Å². The molecular formula is C21H26F2N2O. The molecule has 0 unspecified atom stereocenters. The number of carbonyl (C=O) groups is 1. The first-order chi connectivity index (χ1) is 12.0. The maximum absolute atomic E-state index is 13.7. The number of pyridine rings is 1. The molecule has 0 atom stereocenters. The number of nitrogens with zero attached hydrogens (tertiary/aromatic N) is 1. The van der Waals surface area contributed by atoms with E-state index in [4.69, 9.17) is 0 Å². The molecule has 2 rings (SSSR count). The van der Waals surface area contributed by atoms with E-state index in [-0.39, 0.29) is 11.3 Å². The highest BCUT2D eigenvalue weighted by Gasteiger charge is 2.18. The van der Waals surface area contributed by atoms with Crippen LogP contribution in [0.5, 0.6) is 0 Å². The Morgan fingerprint density at radius 3 is 2.38 bits per heavy atom. The van der Waals surface area contributed by atoms with Gasteiger partial charge >= 0.3 is 0 Å². The molecule has 0 aliphatic rings. The molecule has 5 heteroatoms. The molecule has 1 N–H and O–H groups in total. The SMILES string of the molecule is Cc1cc(CCc2ccc(F)cc2F)nc(C)c1NC(=O)CC(C)(C)C. The predicted molar refractivity (Wildman–Crippen MR) is 100 cm³/mol. The van der Waals surface area contributed by atoms with Crippen LogP contribution >= 0.6 is 0 Å². The van der Waals surface area contributed by atoms with Gasteiger partial charge in [0.05, 0.1) is 11.4 Å². The van der Waals surface area contributed by atoms with Gasteiger partial charge in [-0.1, -0.05) is 26.8 Å². The molecule has 0 fully saturated rings. The zero-order valence-corrected chi connectivity index (χ0v) is 16.0. The smallest absolute Gasteiger partial charge is 0.224 e. The van der Waals surface area contributed by atoms with Crippen molar-refractivity contribution in [3.8, 4) is 0 Å². The van der Waals surface area contributed by atoms with Crippen LogP contribution in [-0.4, -0.2) is 10.9 Å². The summed E-state index contributed by atoms with van der Waals surface area (Å²) < 4.78 is 26.7. The Kier molecular flexibility index (Phi) is 6.11. The molecule has 26 heavy (non-hydrogen) atoms. The van der Waals surface area contributed by atoms with Crippen LogP contribution in [0.3, 0.4) is 0 Å². The first-order valence-electron chi connectivity index (χ1n) is 8.76. The van der Waals surface area contributed by atoms with Crippen LogP contribution < -0.4 is 5.32 Å². The van der Waals surface area contributed by atoms with E-state index < -0.39 is 11.6 Å². The fourth-order valence-electron chi connectivity index (χ4n) is 2.88. The summed E-state index contributed by atoms with van der Waals surface area (Å²) in [5.74, 6) is -1.15. The lowest BCUT2D eigenvalue weighted by Gasteiger charge is -2.19. The molecule has 140 valence electrons. The molecule has 0 saturated heterocycles. The minimum Gasteiger partial charge on any atom is -0.324 e. The van der Waals surface area contributed by atoms with E-state index in [1.54, 1.807) is 0 Å². The number of carbonyl (C=O) groups excluding carboxylic acids is 1. The maximum atomic E-state index is 13.7. The lowest BCUT2D eigenvalue weighted by atomic mass is 9.92. The molecule has 3 nitrogen and oxygen atoms in total. The van der Waals surface area contributed by atoms with Crippen LogP contribution in [0.25, 0.3) is 0 Å². The third-order valence-corrected chi connectivity index (χ3v) is 4.07. The minimum absolute atomic E-state index is 0.0355. The largest absolute Gasteiger partial charge is 0.324 e. The molecule has 0 aliphatic heterocycles. The fraction of sp³-hybridized carbons (Fsp3) is 0.429. The van der Waals surface area contributed by atoms with Crippen LogP contribution in [0.4, 0.5) is 14.5 Å². The third kappa shape index (κ3) is 5.61. The van der Waals surface area contributed by atoms with Crippen molar-refractivity contribution >= 4 is 11.6 Å². The van der Waals surface area contributed by atoms with Gasteiger partial charge in [-0.3, -0.25) is 9.78 Å². The van der Waals surface area contributed by atoms with Crippen LogP contribution in [0.1, 0.15) is 49.7 Å². The van der Waals surface area contributed by atoms with Gasteiger partial charge in [-0.05, 0) is 55.4 Å². The van der Waals surface area contributed by atoms with E-state index in [9.17, 15) is 13.6 Å². The first kappa shape index (κ1) is 20.0. The van der Waals surface area contributed by atoms with E-state index in [0.717, 1.165) is 28.7 Å². The molecule has 0 bridgehead atoms. The number of nitrogens with one attached hydrogen (secondary N) is 1. The molecule has 2 aromatic rings. The van der Waals surface area contributed by atoms with Crippen molar-refractivity contribution in [2.75, 3.05) is 5.32 Å². The summed E-state index contributed by atoms with van der Waals surface area (Å²) in [4.78, 5) is 16.7. The first-order valence-corrected chi connectivity index (χ1v) is 8.76. The lowest BCUT2D eigenvalue weighted by Crippen LogP contribution is -2.21. The maximum Gasteiger partial charge on any atom is 0.224 e. The number of hydrogen-bond donors (Lipinski definition) is 1. The fourth-order valence-corrected chi connectivity index (χ4v) is 2.88. The second-order valence-corrected chi connectivity index (χ2v) is 7.91. The van der Waals surface area contributed by atoms with Gasteiger partial charge in [0.15, 0.2) is 0 Å². The van der Waals surface area contributed by atoms with Crippen molar-refractivity contribution in [2.45, 2.75) is 53.9 Å². The standard InChI is InChI=1S/C21H26F2N2O/c1-13-10-17(9-7-15-6-8-16(22)11-18(15)23)24-14(2)20(13)25-19(26)12-21(3,4)5/h6,8,10-11H,7,9,12H2,1-5H3,(H,25,26). The molecule has 1 aromatic heterocycles. The number of rotatable bonds is 5. The van der Waals surface area contributed by atoms with Crippen LogP contribution in [0, 0.1) is 30.9 Å². The summed E-state index contributed by atoms with van der Waals surface area (Å²) in [7, 11) is 0. The van der Waals surface area contributed by atoms with E-state index in [1.165, 1.54) is 12.1 Å². The van der Waals surface area contributed by atoms with Crippen LogP contribution in [0.15, 0.2) is 24.3 Å². The molecule has 0 saturated carbocycles. The number of amides is 1. The van der Waals surface area contributed by atoms with E-state index in [0.29, 0.717) is 24.8 Å². The van der Waals surface area contributed by atoms with E-state index in [2.05, 4.69) is 10.3 Å². The number of hydrogen-bond acceptors (Lipinski definition) is 2. The van der Waals surface area contributed by atoms with Gasteiger partial charge in [0.25, 0.3) is 0 Å². The average Bonchev–Trinajstić information content (AvgIpc) is 2.48. The van der Waals surface area contributed by atoms with E-state index in [1.807, 2.05) is 40.7 Å². The summed E-state index contributed by atoms with van der Waals surface area (Å²) in [6.45, 7) is 9.82. The van der Waals surface area contributed by atoms with Crippen LogP contribution in [0.2, 0.25) is 0 Å². The third-order valence-electron chi connectivity index (χ3n) is 4.07. The zero-order chi connectivity index (χ0) is 19.5. The highest BCUT2D eigenvalue weighted by atomic mass is 19.1. The molecule has 0 spiro atoms.